The number of nitrogens with one attached hydrogen (secondary N) is 1. The summed E-state index contributed by atoms with van der Waals surface area (Å²) in [6.07, 6.45) is 2.76. The van der Waals surface area contributed by atoms with Crippen LogP contribution in [0.5, 0.6) is 0 Å². The molecule has 0 bridgehead atoms. The van der Waals surface area contributed by atoms with Gasteiger partial charge in [-0.1, -0.05) is 11.6 Å². The van der Waals surface area contributed by atoms with Gasteiger partial charge < -0.3 is 9.73 Å². The minimum Gasteiger partial charge on any atom is -0.438 e. The van der Waals surface area contributed by atoms with Crippen LogP contribution < -0.4 is 5.32 Å². The molecule has 2 aromatic heterocycles. The molecule has 0 radical (unpaired) electrons. The summed E-state index contributed by atoms with van der Waals surface area (Å²) < 4.78 is 4.95. The van der Waals surface area contributed by atoms with E-state index < -0.39 is 5.91 Å². The van der Waals surface area contributed by atoms with Crippen molar-refractivity contribution in [2.45, 2.75) is 6.92 Å². The average Bonchev–Trinajstić information content (AvgIpc) is 2.68. The number of rotatable bonds is 2. The maximum absolute atomic E-state index is 11.7. The Balaban J connectivity index is 2.21. The molecule has 1 N–H and O–H groups in total. The van der Waals surface area contributed by atoms with Crippen LogP contribution in [0, 0.1) is 6.92 Å². The smallest absolute Gasteiger partial charge is 0.293 e. The average molecular weight is 238 g/mol. The van der Waals surface area contributed by atoms with Gasteiger partial charge in [0.2, 0.25) is 5.76 Å². The van der Waals surface area contributed by atoms with Gasteiger partial charge in [0, 0.05) is 6.20 Å². The first kappa shape index (κ1) is 10.6. The summed E-state index contributed by atoms with van der Waals surface area (Å²) in [4.78, 5) is 19.4. The molecule has 2 rings (SSSR count). The lowest BCUT2D eigenvalue weighted by atomic mass is 10.3. The molecule has 5 nitrogen and oxygen atoms in total. The van der Waals surface area contributed by atoms with Crippen molar-refractivity contribution < 1.29 is 9.21 Å². The summed E-state index contributed by atoms with van der Waals surface area (Å²) in [6, 6.07) is 3.33. The van der Waals surface area contributed by atoms with Crippen LogP contribution in [-0.4, -0.2) is 15.9 Å². The first-order chi connectivity index (χ1) is 7.68. The summed E-state index contributed by atoms with van der Waals surface area (Å²) >= 11 is 5.80. The third kappa shape index (κ3) is 2.04. The second kappa shape index (κ2) is 4.32. The standard InChI is InChI=1S/C10H8ClN3O2/c1-6-8(16-5-13-6)10(15)14-7-3-2-4-12-9(7)11/h2-5H,1H3,(H,14,15). The third-order valence-electron chi connectivity index (χ3n) is 1.96. The maximum atomic E-state index is 11.7. The van der Waals surface area contributed by atoms with E-state index in [1.807, 2.05) is 0 Å². The van der Waals surface area contributed by atoms with Gasteiger partial charge in [0.25, 0.3) is 5.91 Å². The summed E-state index contributed by atoms with van der Waals surface area (Å²) in [5.74, 6) is -0.232. The number of anilines is 1. The van der Waals surface area contributed by atoms with Crippen LogP contribution in [-0.2, 0) is 0 Å². The van der Waals surface area contributed by atoms with E-state index in [0.29, 0.717) is 11.4 Å². The zero-order chi connectivity index (χ0) is 11.5. The molecule has 0 aromatic carbocycles. The van der Waals surface area contributed by atoms with Crippen LogP contribution in [0.25, 0.3) is 0 Å². The number of hydrogen-bond donors (Lipinski definition) is 1. The monoisotopic (exact) mass is 237 g/mol. The number of aryl methyl sites for hydroxylation is 1. The van der Waals surface area contributed by atoms with Crippen LogP contribution >= 0.6 is 11.6 Å². The molecule has 0 atom stereocenters. The fourth-order valence-corrected chi connectivity index (χ4v) is 1.34. The maximum Gasteiger partial charge on any atom is 0.293 e. The zero-order valence-corrected chi connectivity index (χ0v) is 9.15. The molecule has 16 heavy (non-hydrogen) atoms. The van der Waals surface area contributed by atoms with E-state index >= 15 is 0 Å². The van der Waals surface area contributed by atoms with Crippen LogP contribution in [0.2, 0.25) is 5.15 Å². The van der Waals surface area contributed by atoms with Crippen molar-refractivity contribution in [1.82, 2.24) is 9.97 Å². The second-order valence-electron chi connectivity index (χ2n) is 3.06. The number of nitrogens with zero attached hydrogens (tertiary/aromatic N) is 2. The molecule has 0 saturated carbocycles. The molecule has 0 aliphatic heterocycles. The Kier molecular flexibility index (Phi) is 2.87. The molecule has 0 unspecified atom stereocenters. The first-order valence-electron chi connectivity index (χ1n) is 4.50. The van der Waals surface area contributed by atoms with Gasteiger partial charge in [0.1, 0.15) is 0 Å². The van der Waals surface area contributed by atoms with Crippen molar-refractivity contribution in [2.24, 2.45) is 0 Å². The minimum absolute atomic E-state index is 0.167. The van der Waals surface area contributed by atoms with E-state index in [2.05, 4.69) is 15.3 Å². The molecule has 0 saturated heterocycles. The number of hydrogen-bond acceptors (Lipinski definition) is 4. The van der Waals surface area contributed by atoms with Gasteiger partial charge in [0.05, 0.1) is 11.4 Å². The van der Waals surface area contributed by atoms with Gasteiger partial charge in [-0.25, -0.2) is 9.97 Å². The highest BCUT2D eigenvalue weighted by Crippen LogP contribution is 2.18. The molecule has 6 heteroatoms. The van der Waals surface area contributed by atoms with Crippen molar-refractivity contribution >= 4 is 23.2 Å². The van der Waals surface area contributed by atoms with Crippen LogP contribution in [0.1, 0.15) is 16.2 Å². The highest BCUT2D eigenvalue weighted by molar-refractivity contribution is 6.32. The molecule has 2 aromatic rings. The topological polar surface area (TPSA) is 68.0 Å². The van der Waals surface area contributed by atoms with Crippen molar-refractivity contribution in [1.29, 1.82) is 0 Å². The van der Waals surface area contributed by atoms with Crippen molar-refractivity contribution in [3.8, 4) is 0 Å². The predicted molar refractivity (Wildman–Crippen MR) is 58.4 cm³/mol. The van der Waals surface area contributed by atoms with Gasteiger partial charge >= 0.3 is 0 Å². The van der Waals surface area contributed by atoms with Gasteiger partial charge in [-0.3, -0.25) is 4.79 Å². The number of carbonyl (C=O) groups excluding carboxylic acids is 1. The third-order valence-corrected chi connectivity index (χ3v) is 2.26. The summed E-state index contributed by atoms with van der Waals surface area (Å²) in [5.41, 5.74) is 0.961. The Morgan fingerprint density at radius 1 is 1.50 bits per heavy atom. The van der Waals surface area contributed by atoms with E-state index in [9.17, 15) is 4.79 Å². The van der Waals surface area contributed by atoms with Gasteiger partial charge in [-0.15, -0.1) is 0 Å². The Bertz CT molecular complexity index is 524. The summed E-state index contributed by atoms with van der Waals surface area (Å²) in [6.45, 7) is 1.68. The number of amides is 1. The number of aromatic nitrogens is 2. The Labute approximate surface area is 96.5 Å². The molecular formula is C10H8ClN3O2. The lowest BCUT2D eigenvalue weighted by Gasteiger charge is -2.03. The summed E-state index contributed by atoms with van der Waals surface area (Å²) in [7, 11) is 0. The van der Waals surface area contributed by atoms with Gasteiger partial charge in [0.15, 0.2) is 11.5 Å². The largest absolute Gasteiger partial charge is 0.438 e. The van der Waals surface area contributed by atoms with Crippen LogP contribution in [0.4, 0.5) is 5.69 Å². The Hall–Kier alpha value is -1.88. The lowest BCUT2D eigenvalue weighted by molar-refractivity contribution is 0.0996. The Morgan fingerprint density at radius 2 is 2.31 bits per heavy atom. The number of pyridine rings is 1. The molecular weight excluding hydrogens is 230 g/mol. The fraction of sp³-hybridized carbons (Fsp3) is 0.100. The Morgan fingerprint density at radius 3 is 2.94 bits per heavy atom. The predicted octanol–water partition coefficient (Wildman–Crippen LogP) is 2.28. The number of halogens is 1. The normalized spacial score (nSPS) is 10.1. The van der Waals surface area contributed by atoms with Gasteiger partial charge in [-0.05, 0) is 19.1 Å². The molecule has 0 aliphatic carbocycles. The second-order valence-corrected chi connectivity index (χ2v) is 3.42. The van der Waals surface area contributed by atoms with E-state index in [1.54, 1.807) is 19.1 Å². The molecule has 0 spiro atoms. The SMILES string of the molecule is Cc1ncoc1C(=O)Nc1cccnc1Cl. The van der Waals surface area contributed by atoms with Crippen LogP contribution in [0.15, 0.2) is 29.1 Å². The van der Waals surface area contributed by atoms with E-state index in [4.69, 9.17) is 16.0 Å². The first-order valence-corrected chi connectivity index (χ1v) is 4.88. The number of carbonyl (C=O) groups is 1. The lowest BCUT2D eigenvalue weighted by Crippen LogP contribution is -2.12. The van der Waals surface area contributed by atoms with Crippen molar-refractivity contribution in [3.63, 3.8) is 0 Å². The van der Waals surface area contributed by atoms with E-state index in [1.165, 1.54) is 12.6 Å². The number of oxazole rings is 1. The molecule has 0 aliphatic rings. The summed E-state index contributed by atoms with van der Waals surface area (Å²) in [5, 5.41) is 2.82. The van der Waals surface area contributed by atoms with E-state index in [0.717, 1.165) is 0 Å². The highest BCUT2D eigenvalue weighted by Gasteiger charge is 2.15. The quantitative estimate of drug-likeness (QED) is 0.814. The fourth-order valence-electron chi connectivity index (χ4n) is 1.18. The van der Waals surface area contributed by atoms with Gasteiger partial charge in [-0.2, -0.15) is 0 Å². The minimum atomic E-state index is -0.398. The highest BCUT2D eigenvalue weighted by atomic mass is 35.5. The molecule has 1 amide bonds. The molecule has 2 heterocycles. The molecule has 0 fully saturated rings. The molecule has 82 valence electrons. The van der Waals surface area contributed by atoms with Crippen LogP contribution in [0.3, 0.4) is 0 Å². The van der Waals surface area contributed by atoms with Crippen molar-refractivity contribution in [2.75, 3.05) is 5.32 Å². The van der Waals surface area contributed by atoms with Crippen molar-refractivity contribution in [3.05, 3.63) is 41.3 Å². The van der Waals surface area contributed by atoms with E-state index in [-0.39, 0.29) is 10.9 Å². The zero-order valence-electron chi connectivity index (χ0n) is 8.40.